The molecule has 14 heavy (non-hydrogen) atoms. The van der Waals surface area contributed by atoms with Gasteiger partial charge in [0.2, 0.25) is 0 Å². The zero-order valence-electron chi connectivity index (χ0n) is 8.82. The lowest BCUT2D eigenvalue weighted by Crippen LogP contribution is -2.31. The lowest BCUT2D eigenvalue weighted by atomic mass is 9.66. The van der Waals surface area contributed by atoms with Gasteiger partial charge in [-0.05, 0) is 42.7 Å². The molecule has 1 fully saturated rings. The van der Waals surface area contributed by atoms with E-state index in [4.69, 9.17) is 5.73 Å². The van der Waals surface area contributed by atoms with Crippen LogP contribution in [0.3, 0.4) is 0 Å². The minimum atomic E-state index is 0.704. The minimum Gasteiger partial charge on any atom is -0.330 e. The van der Waals surface area contributed by atoms with Crippen molar-refractivity contribution in [3.05, 3.63) is 35.9 Å². The molecular formula is C13H19N. The van der Waals surface area contributed by atoms with Crippen LogP contribution < -0.4 is 5.73 Å². The minimum absolute atomic E-state index is 0.704. The number of hydrogen-bond donors (Lipinski definition) is 1. The number of nitrogens with two attached hydrogens (primary N) is 1. The van der Waals surface area contributed by atoms with Gasteiger partial charge >= 0.3 is 0 Å². The van der Waals surface area contributed by atoms with Crippen molar-refractivity contribution in [2.45, 2.75) is 25.7 Å². The fourth-order valence-electron chi connectivity index (χ4n) is 2.32. The predicted molar refractivity (Wildman–Crippen MR) is 60.1 cm³/mol. The molecule has 1 heteroatoms. The zero-order chi connectivity index (χ0) is 9.97. The fourth-order valence-corrected chi connectivity index (χ4v) is 2.32. The molecule has 1 aliphatic rings. The summed E-state index contributed by atoms with van der Waals surface area (Å²) >= 11 is 0. The second-order valence-corrected chi connectivity index (χ2v) is 4.55. The number of rotatable bonds is 3. The molecule has 1 atom stereocenters. The van der Waals surface area contributed by atoms with Crippen LogP contribution in [-0.4, -0.2) is 6.54 Å². The van der Waals surface area contributed by atoms with Crippen LogP contribution in [0.15, 0.2) is 30.3 Å². The van der Waals surface area contributed by atoms with Gasteiger partial charge in [-0.3, -0.25) is 0 Å². The SMILES string of the molecule is C[C@H](CN)C1CC(c2ccccc2)C1. The van der Waals surface area contributed by atoms with Crippen molar-refractivity contribution in [1.82, 2.24) is 0 Å². The molecule has 0 saturated heterocycles. The average Bonchev–Trinajstić information content (AvgIpc) is 2.17. The Morgan fingerprint density at radius 3 is 2.50 bits per heavy atom. The highest BCUT2D eigenvalue weighted by Crippen LogP contribution is 2.44. The van der Waals surface area contributed by atoms with Crippen LogP contribution in [0.1, 0.15) is 31.2 Å². The average molecular weight is 189 g/mol. The lowest BCUT2D eigenvalue weighted by molar-refractivity contribution is 0.189. The highest BCUT2D eigenvalue weighted by atomic mass is 14.6. The van der Waals surface area contributed by atoms with E-state index in [1.165, 1.54) is 18.4 Å². The molecule has 1 aromatic carbocycles. The van der Waals surface area contributed by atoms with Gasteiger partial charge in [0.15, 0.2) is 0 Å². The molecule has 0 radical (unpaired) electrons. The Labute approximate surface area is 86.3 Å². The summed E-state index contributed by atoms with van der Waals surface area (Å²) in [7, 11) is 0. The second kappa shape index (κ2) is 4.14. The number of hydrogen-bond acceptors (Lipinski definition) is 1. The van der Waals surface area contributed by atoms with Crippen LogP contribution in [0.5, 0.6) is 0 Å². The van der Waals surface area contributed by atoms with Crippen molar-refractivity contribution in [2.75, 3.05) is 6.54 Å². The van der Waals surface area contributed by atoms with Gasteiger partial charge in [0.25, 0.3) is 0 Å². The summed E-state index contributed by atoms with van der Waals surface area (Å²) in [5.74, 6) is 2.37. The van der Waals surface area contributed by atoms with E-state index in [9.17, 15) is 0 Å². The molecule has 1 aromatic rings. The fraction of sp³-hybridized carbons (Fsp3) is 0.538. The second-order valence-electron chi connectivity index (χ2n) is 4.55. The van der Waals surface area contributed by atoms with E-state index in [-0.39, 0.29) is 0 Å². The molecule has 0 aliphatic heterocycles. The molecule has 1 aliphatic carbocycles. The van der Waals surface area contributed by atoms with Gasteiger partial charge in [-0.2, -0.15) is 0 Å². The van der Waals surface area contributed by atoms with E-state index in [0.717, 1.165) is 18.4 Å². The van der Waals surface area contributed by atoms with Crippen LogP contribution in [-0.2, 0) is 0 Å². The number of benzene rings is 1. The Kier molecular flexibility index (Phi) is 2.87. The summed E-state index contributed by atoms with van der Waals surface area (Å²) in [6.45, 7) is 3.11. The zero-order valence-corrected chi connectivity index (χ0v) is 8.82. The first-order valence-corrected chi connectivity index (χ1v) is 5.56. The van der Waals surface area contributed by atoms with Crippen LogP contribution in [0.4, 0.5) is 0 Å². The first-order valence-electron chi connectivity index (χ1n) is 5.56. The van der Waals surface area contributed by atoms with E-state index >= 15 is 0 Å². The van der Waals surface area contributed by atoms with Crippen molar-refractivity contribution in [3.63, 3.8) is 0 Å². The standard InChI is InChI=1S/C13H19N/c1-10(9-14)12-7-13(8-12)11-5-3-2-4-6-11/h2-6,10,12-13H,7-9,14H2,1H3/t10-,12?,13?/m1/s1. The molecule has 0 aromatic heterocycles. The Morgan fingerprint density at radius 2 is 1.93 bits per heavy atom. The molecule has 0 unspecified atom stereocenters. The molecule has 1 saturated carbocycles. The summed E-state index contributed by atoms with van der Waals surface area (Å²) < 4.78 is 0. The lowest BCUT2D eigenvalue weighted by Gasteiger charge is -2.39. The Bertz CT molecular complexity index is 275. The predicted octanol–water partition coefficient (Wildman–Crippen LogP) is 2.78. The maximum absolute atomic E-state index is 5.67. The Balaban J connectivity index is 1.89. The molecule has 0 heterocycles. The van der Waals surface area contributed by atoms with E-state index < -0.39 is 0 Å². The summed E-state index contributed by atoms with van der Waals surface area (Å²) in [5.41, 5.74) is 7.17. The van der Waals surface area contributed by atoms with E-state index in [1.807, 2.05) is 0 Å². The highest BCUT2D eigenvalue weighted by Gasteiger charge is 2.32. The van der Waals surface area contributed by atoms with Crippen LogP contribution >= 0.6 is 0 Å². The van der Waals surface area contributed by atoms with Gasteiger partial charge in [0, 0.05) is 0 Å². The molecule has 0 amide bonds. The monoisotopic (exact) mass is 189 g/mol. The highest BCUT2D eigenvalue weighted by molar-refractivity contribution is 5.22. The maximum Gasteiger partial charge on any atom is -0.00488 e. The van der Waals surface area contributed by atoms with Crippen molar-refractivity contribution in [3.8, 4) is 0 Å². The Hall–Kier alpha value is -0.820. The molecule has 0 bridgehead atoms. The Morgan fingerprint density at radius 1 is 1.29 bits per heavy atom. The molecule has 0 spiro atoms. The van der Waals surface area contributed by atoms with Crippen LogP contribution in [0.2, 0.25) is 0 Å². The third kappa shape index (κ3) is 1.83. The maximum atomic E-state index is 5.67. The van der Waals surface area contributed by atoms with Gasteiger partial charge in [-0.15, -0.1) is 0 Å². The van der Waals surface area contributed by atoms with Crippen molar-refractivity contribution >= 4 is 0 Å². The van der Waals surface area contributed by atoms with Gasteiger partial charge in [-0.1, -0.05) is 37.3 Å². The van der Waals surface area contributed by atoms with Crippen molar-refractivity contribution in [1.29, 1.82) is 0 Å². The summed E-state index contributed by atoms with van der Waals surface area (Å²) in [6.07, 6.45) is 2.67. The molecular weight excluding hydrogens is 170 g/mol. The smallest absolute Gasteiger partial charge is 0.00488 e. The topological polar surface area (TPSA) is 26.0 Å². The van der Waals surface area contributed by atoms with Crippen molar-refractivity contribution < 1.29 is 0 Å². The first-order chi connectivity index (χ1) is 6.81. The molecule has 76 valence electrons. The summed E-state index contributed by atoms with van der Waals surface area (Å²) in [6, 6.07) is 10.8. The van der Waals surface area contributed by atoms with Crippen molar-refractivity contribution in [2.24, 2.45) is 17.6 Å². The largest absolute Gasteiger partial charge is 0.330 e. The van der Waals surface area contributed by atoms with Crippen LogP contribution in [0.25, 0.3) is 0 Å². The third-order valence-electron chi connectivity index (χ3n) is 3.62. The van der Waals surface area contributed by atoms with Gasteiger partial charge in [0.1, 0.15) is 0 Å². The van der Waals surface area contributed by atoms with Gasteiger partial charge in [0.05, 0.1) is 0 Å². The normalized spacial score (nSPS) is 28.1. The van der Waals surface area contributed by atoms with E-state index in [2.05, 4.69) is 37.3 Å². The van der Waals surface area contributed by atoms with Gasteiger partial charge < -0.3 is 5.73 Å². The van der Waals surface area contributed by atoms with E-state index in [0.29, 0.717) is 5.92 Å². The summed E-state index contributed by atoms with van der Waals surface area (Å²) in [4.78, 5) is 0. The molecule has 2 N–H and O–H groups in total. The van der Waals surface area contributed by atoms with Crippen LogP contribution in [0, 0.1) is 11.8 Å². The van der Waals surface area contributed by atoms with Gasteiger partial charge in [-0.25, -0.2) is 0 Å². The molecule has 2 rings (SSSR count). The quantitative estimate of drug-likeness (QED) is 0.777. The van der Waals surface area contributed by atoms with E-state index in [1.54, 1.807) is 0 Å². The molecule has 1 nitrogen and oxygen atoms in total. The first kappa shape index (κ1) is 9.72. The summed E-state index contributed by atoms with van der Waals surface area (Å²) in [5, 5.41) is 0. The third-order valence-corrected chi connectivity index (χ3v) is 3.62.